The highest BCUT2D eigenvalue weighted by molar-refractivity contribution is 8.01. The molecule has 0 radical (unpaired) electrons. The number of hydrogen-bond acceptors (Lipinski definition) is 7. The highest BCUT2D eigenvalue weighted by Crippen LogP contribution is 2.45. The molecule has 1 aliphatic rings. The van der Waals surface area contributed by atoms with E-state index in [1.165, 1.54) is 5.57 Å². The number of thioether (sulfide) groups is 1. The van der Waals surface area contributed by atoms with Gasteiger partial charge in [0, 0.05) is 27.7 Å². The van der Waals surface area contributed by atoms with Crippen molar-refractivity contribution in [2.24, 2.45) is 5.92 Å². The number of hydrogen-bond donors (Lipinski definition) is 0. The molecule has 2 heterocycles. The van der Waals surface area contributed by atoms with Gasteiger partial charge in [-0.2, -0.15) is 0 Å². The second-order valence-corrected chi connectivity index (χ2v) is 29.9. The predicted molar refractivity (Wildman–Crippen MR) is 212 cm³/mol. The van der Waals surface area contributed by atoms with Crippen LogP contribution in [0, 0.1) is 12.8 Å². The molecule has 0 aliphatic carbocycles. The highest BCUT2D eigenvalue weighted by Gasteiger charge is 2.47. The Hall–Kier alpha value is -0.976. The Balaban J connectivity index is 2.63. The summed E-state index contributed by atoms with van der Waals surface area (Å²) < 4.78 is 20.3. The molecule has 0 N–H and O–H groups in total. The Morgan fingerprint density at radius 2 is 1.60 bits per heavy atom. The van der Waals surface area contributed by atoms with Gasteiger partial charge in [-0.3, -0.25) is 4.79 Å². The van der Waals surface area contributed by atoms with E-state index in [1.807, 2.05) is 25.6 Å². The van der Waals surface area contributed by atoms with Gasteiger partial charge in [0.15, 0.2) is 16.6 Å². The minimum Gasteiger partial charge on any atom is -0.457 e. The van der Waals surface area contributed by atoms with Gasteiger partial charge in [-0.1, -0.05) is 79.2 Å². The summed E-state index contributed by atoms with van der Waals surface area (Å²) in [5, 5.41) is 3.35. The SMILES string of the molecule is C/C1=C/C[C@@H](/C(C)=C/c2csc(C)n2)OC(=O)C[C@H](O[Si](C)(C)C(C)(C)C)C(C)(C)S[C@H](C)[C@@H](O[Si](C)(C)C(C)(C)C)[C@@H](C)/C=C\C1. The topological polar surface area (TPSA) is 57.7 Å². The van der Waals surface area contributed by atoms with Crippen LogP contribution in [0.25, 0.3) is 6.08 Å². The summed E-state index contributed by atoms with van der Waals surface area (Å²) in [7, 11) is -4.29. The van der Waals surface area contributed by atoms with Crippen LogP contribution in [0.4, 0.5) is 0 Å². The van der Waals surface area contributed by atoms with Crippen LogP contribution in [-0.2, 0) is 18.4 Å². The van der Waals surface area contributed by atoms with Gasteiger partial charge in [0.2, 0.25) is 0 Å². The molecular weight excluding hydrogens is 655 g/mol. The Kier molecular flexibility index (Phi) is 14.7. The van der Waals surface area contributed by atoms with E-state index in [2.05, 4.69) is 137 Å². The van der Waals surface area contributed by atoms with E-state index in [4.69, 9.17) is 13.6 Å². The molecule has 9 heteroatoms. The lowest BCUT2D eigenvalue weighted by Gasteiger charge is -2.46. The zero-order valence-corrected chi connectivity index (χ0v) is 36.4. The molecule has 1 aromatic rings. The van der Waals surface area contributed by atoms with Crippen LogP contribution in [0.5, 0.6) is 0 Å². The number of aromatic nitrogens is 1. The Morgan fingerprint density at radius 1 is 1.02 bits per heavy atom. The van der Waals surface area contributed by atoms with Gasteiger partial charge in [-0.05, 0) is 89.0 Å². The van der Waals surface area contributed by atoms with Crippen LogP contribution in [0.3, 0.4) is 0 Å². The molecule has 0 fully saturated rings. The fraction of sp³-hybridized carbons (Fsp3) is 0.737. The minimum absolute atomic E-state index is 0.00164. The Bertz CT molecular complexity index is 1280. The maximum absolute atomic E-state index is 14.0. The largest absolute Gasteiger partial charge is 0.457 e. The maximum Gasteiger partial charge on any atom is 0.309 e. The van der Waals surface area contributed by atoms with Gasteiger partial charge in [0.05, 0.1) is 29.3 Å². The summed E-state index contributed by atoms with van der Waals surface area (Å²) in [6.07, 6.45) is 9.91. The molecule has 0 bridgehead atoms. The summed E-state index contributed by atoms with van der Waals surface area (Å²) in [5.74, 6) is 0.00933. The van der Waals surface area contributed by atoms with Gasteiger partial charge in [-0.25, -0.2) is 4.98 Å². The summed E-state index contributed by atoms with van der Waals surface area (Å²) in [6.45, 7) is 38.2. The number of aryl methyl sites for hydroxylation is 1. The molecule has 47 heavy (non-hydrogen) atoms. The molecule has 0 saturated heterocycles. The standard InChI is InChI=1S/C38H67NO4S2Si2/c1-26-19-18-20-27(2)35(43-47(16,17)37(9,10)11)29(4)45-38(12,13)33(42-46(14,15)36(6,7)8)24-34(40)41-32(22-21-26)28(3)23-31-25-44-30(5)39-31/h18,20-21,23,25,27,29,32-33,35H,19,22,24H2,1-17H3/b20-18-,26-21-,28-23+/t27-,29+,32-,33-,35-/m0/s1. The number of carbonyl (C=O) groups is 1. The van der Waals surface area contributed by atoms with Crippen LogP contribution in [0.1, 0.15) is 113 Å². The zero-order chi connectivity index (χ0) is 36.2. The summed E-state index contributed by atoms with van der Waals surface area (Å²) >= 11 is 3.52. The van der Waals surface area contributed by atoms with Crippen molar-refractivity contribution in [1.29, 1.82) is 0 Å². The van der Waals surface area contributed by atoms with Crippen molar-refractivity contribution in [3.63, 3.8) is 0 Å². The number of ether oxygens (including phenoxy) is 1. The number of carbonyl (C=O) groups excluding carboxylic acids is 1. The lowest BCUT2D eigenvalue weighted by Crippen LogP contribution is -2.52. The molecule has 5 nitrogen and oxygen atoms in total. The van der Waals surface area contributed by atoms with E-state index in [9.17, 15) is 4.79 Å². The number of cyclic esters (lactones) is 1. The first kappa shape index (κ1) is 42.2. The molecule has 0 unspecified atom stereocenters. The number of rotatable bonds is 6. The first-order chi connectivity index (χ1) is 21.3. The van der Waals surface area contributed by atoms with Crippen LogP contribution in [0.2, 0.25) is 36.3 Å². The van der Waals surface area contributed by atoms with Crippen LogP contribution in [0.15, 0.2) is 34.8 Å². The zero-order valence-electron chi connectivity index (χ0n) is 32.8. The average Bonchev–Trinajstić information content (AvgIpc) is 3.30. The molecule has 5 atom stereocenters. The van der Waals surface area contributed by atoms with Crippen molar-refractivity contribution in [3.8, 4) is 0 Å². The molecule has 1 aromatic heterocycles. The normalized spacial score (nSPS) is 28.4. The predicted octanol–water partition coefficient (Wildman–Crippen LogP) is 11.8. The lowest BCUT2D eigenvalue weighted by molar-refractivity contribution is -0.149. The van der Waals surface area contributed by atoms with Gasteiger partial charge >= 0.3 is 5.97 Å². The van der Waals surface area contributed by atoms with Crippen molar-refractivity contribution < 1.29 is 18.4 Å². The van der Waals surface area contributed by atoms with Crippen LogP contribution >= 0.6 is 23.1 Å². The minimum atomic E-state index is -2.23. The summed E-state index contributed by atoms with van der Waals surface area (Å²) in [6, 6.07) is 0. The molecule has 0 amide bonds. The van der Waals surface area contributed by atoms with E-state index in [0.717, 1.165) is 22.7 Å². The highest BCUT2D eigenvalue weighted by atomic mass is 32.2. The van der Waals surface area contributed by atoms with Gasteiger partial charge < -0.3 is 13.6 Å². The van der Waals surface area contributed by atoms with Crippen LogP contribution < -0.4 is 0 Å². The van der Waals surface area contributed by atoms with Crippen LogP contribution in [-0.4, -0.2) is 55.9 Å². The smallest absolute Gasteiger partial charge is 0.309 e. The van der Waals surface area contributed by atoms with Crippen molar-refractivity contribution in [2.75, 3.05) is 0 Å². The van der Waals surface area contributed by atoms with Crippen molar-refractivity contribution >= 4 is 51.8 Å². The van der Waals surface area contributed by atoms with E-state index >= 15 is 0 Å². The first-order valence-corrected chi connectivity index (χ1v) is 25.0. The number of esters is 1. The molecule has 0 spiro atoms. The monoisotopic (exact) mass is 721 g/mol. The number of thiazole rings is 1. The van der Waals surface area contributed by atoms with E-state index in [1.54, 1.807) is 11.3 Å². The van der Waals surface area contributed by atoms with E-state index in [0.29, 0.717) is 6.42 Å². The second kappa shape index (κ2) is 16.4. The third-order valence-electron chi connectivity index (χ3n) is 10.4. The van der Waals surface area contributed by atoms with E-state index in [-0.39, 0.29) is 56.7 Å². The molecule has 2 rings (SSSR count). The third-order valence-corrected chi connectivity index (χ3v) is 21.7. The van der Waals surface area contributed by atoms with E-state index < -0.39 is 16.6 Å². The van der Waals surface area contributed by atoms with Gasteiger partial charge in [0.25, 0.3) is 0 Å². The fourth-order valence-corrected chi connectivity index (χ4v) is 10.5. The second-order valence-electron chi connectivity index (χ2n) is 17.3. The fourth-order valence-electron chi connectivity index (χ4n) is 5.16. The third kappa shape index (κ3) is 12.4. The maximum atomic E-state index is 14.0. The van der Waals surface area contributed by atoms with Gasteiger partial charge in [-0.15, -0.1) is 23.1 Å². The summed E-state index contributed by atoms with van der Waals surface area (Å²) in [5.41, 5.74) is 3.15. The molecule has 268 valence electrons. The molecular formula is C38H67NO4S2Si2. The van der Waals surface area contributed by atoms with Crippen molar-refractivity contribution in [1.82, 2.24) is 4.98 Å². The number of allylic oxidation sites excluding steroid dienone is 2. The lowest BCUT2D eigenvalue weighted by atomic mass is 9.99. The molecule has 1 aliphatic heterocycles. The Morgan fingerprint density at radius 3 is 2.13 bits per heavy atom. The van der Waals surface area contributed by atoms with Crippen molar-refractivity contribution in [3.05, 3.63) is 45.5 Å². The molecule has 0 aromatic carbocycles. The first-order valence-electron chi connectivity index (χ1n) is 17.4. The summed E-state index contributed by atoms with van der Waals surface area (Å²) in [4.78, 5) is 18.6. The van der Waals surface area contributed by atoms with Crippen molar-refractivity contribution in [2.45, 2.75) is 174 Å². The average molecular weight is 722 g/mol. The number of nitrogens with zero attached hydrogens (tertiary/aromatic N) is 1. The molecule has 0 saturated carbocycles. The Labute approximate surface area is 299 Å². The quantitative estimate of drug-likeness (QED) is 0.166. The van der Waals surface area contributed by atoms with Gasteiger partial charge in [0.1, 0.15) is 6.10 Å².